The molecular weight excluding hydrogens is 357 g/mol. The van der Waals surface area contributed by atoms with Gasteiger partial charge in [0.15, 0.2) is 0 Å². The monoisotopic (exact) mass is 383 g/mol. The van der Waals surface area contributed by atoms with Gasteiger partial charge in [-0.25, -0.2) is 4.39 Å². The number of hydrogen-bond acceptors (Lipinski definition) is 3. The van der Waals surface area contributed by atoms with Crippen LogP contribution in [-0.2, 0) is 10.2 Å². The first-order valence-corrected chi connectivity index (χ1v) is 9.57. The van der Waals surface area contributed by atoms with Gasteiger partial charge in [-0.2, -0.15) is 0 Å². The first kappa shape index (κ1) is 19.9. The summed E-state index contributed by atoms with van der Waals surface area (Å²) in [6, 6.07) is 13.3. The molecule has 1 fully saturated rings. The van der Waals surface area contributed by atoms with Crippen molar-refractivity contribution in [3.8, 4) is 0 Å². The van der Waals surface area contributed by atoms with Gasteiger partial charge in [0.2, 0.25) is 5.91 Å². The van der Waals surface area contributed by atoms with Crippen molar-refractivity contribution in [1.82, 2.24) is 10.9 Å². The lowest BCUT2D eigenvalue weighted by atomic mass is 9.69. The standard InChI is InChI=1S/C22H26FN3O2/c1-26(2)19-11-6-8-16(14-19)20(27)24-25-21(28)22(12-4-3-5-13-22)17-9-7-10-18(23)15-17/h6-11,14-15H,3-5,12-13H2,1-2H3,(H,24,27)(H,25,28). The van der Waals surface area contributed by atoms with Crippen LogP contribution in [0.1, 0.15) is 48.0 Å². The minimum atomic E-state index is -0.820. The molecule has 0 aliphatic heterocycles. The van der Waals surface area contributed by atoms with Gasteiger partial charge >= 0.3 is 0 Å². The third kappa shape index (κ3) is 4.16. The Morgan fingerprint density at radius 2 is 1.68 bits per heavy atom. The van der Waals surface area contributed by atoms with Gasteiger partial charge in [-0.1, -0.05) is 37.5 Å². The number of anilines is 1. The molecule has 0 atom stereocenters. The number of rotatable bonds is 4. The second-order valence-corrected chi connectivity index (χ2v) is 7.51. The Bertz CT molecular complexity index is 860. The molecule has 5 nitrogen and oxygen atoms in total. The van der Waals surface area contributed by atoms with E-state index in [9.17, 15) is 14.0 Å². The highest BCUT2D eigenvalue weighted by Gasteiger charge is 2.41. The zero-order valence-corrected chi connectivity index (χ0v) is 16.3. The first-order valence-electron chi connectivity index (χ1n) is 9.57. The lowest BCUT2D eigenvalue weighted by Crippen LogP contribution is -2.52. The highest BCUT2D eigenvalue weighted by atomic mass is 19.1. The number of benzene rings is 2. The van der Waals surface area contributed by atoms with Gasteiger partial charge in [0.1, 0.15) is 5.82 Å². The molecular formula is C22H26FN3O2. The summed E-state index contributed by atoms with van der Waals surface area (Å²) in [7, 11) is 3.79. The molecule has 0 bridgehead atoms. The van der Waals surface area contributed by atoms with Crippen molar-refractivity contribution in [1.29, 1.82) is 0 Å². The van der Waals surface area contributed by atoms with Gasteiger partial charge in [0.05, 0.1) is 5.41 Å². The summed E-state index contributed by atoms with van der Waals surface area (Å²) in [6.45, 7) is 0. The Labute approximate surface area is 164 Å². The number of amides is 2. The van der Waals surface area contributed by atoms with Crippen molar-refractivity contribution >= 4 is 17.5 Å². The summed E-state index contributed by atoms with van der Waals surface area (Å²) < 4.78 is 13.8. The van der Waals surface area contributed by atoms with Gasteiger partial charge in [0, 0.05) is 25.3 Å². The van der Waals surface area contributed by atoms with Gasteiger partial charge in [-0.3, -0.25) is 20.4 Å². The first-order chi connectivity index (χ1) is 13.4. The maximum Gasteiger partial charge on any atom is 0.269 e. The van der Waals surface area contributed by atoms with Crippen molar-refractivity contribution in [3.63, 3.8) is 0 Å². The number of nitrogens with zero attached hydrogens (tertiary/aromatic N) is 1. The third-order valence-corrected chi connectivity index (χ3v) is 5.43. The van der Waals surface area contributed by atoms with Gasteiger partial charge in [-0.05, 0) is 48.7 Å². The summed E-state index contributed by atoms with van der Waals surface area (Å²) >= 11 is 0. The summed E-state index contributed by atoms with van der Waals surface area (Å²) in [6.07, 6.45) is 4.10. The van der Waals surface area contributed by atoms with E-state index in [0.717, 1.165) is 24.9 Å². The van der Waals surface area contributed by atoms with Crippen LogP contribution in [0.2, 0.25) is 0 Å². The van der Waals surface area contributed by atoms with Gasteiger partial charge in [0.25, 0.3) is 5.91 Å². The van der Waals surface area contributed by atoms with Crippen LogP contribution in [0.25, 0.3) is 0 Å². The van der Waals surface area contributed by atoms with Crippen molar-refractivity contribution in [2.75, 3.05) is 19.0 Å². The minimum Gasteiger partial charge on any atom is -0.378 e. The Morgan fingerprint density at radius 3 is 2.36 bits per heavy atom. The lowest BCUT2D eigenvalue weighted by Gasteiger charge is -2.36. The van der Waals surface area contributed by atoms with E-state index in [1.807, 2.05) is 25.1 Å². The number of halogens is 1. The quantitative estimate of drug-likeness (QED) is 0.794. The van der Waals surface area contributed by atoms with E-state index in [2.05, 4.69) is 10.9 Å². The van der Waals surface area contributed by atoms with Crippen molar-refractivity contribution in [2.45, 2.75) is 37.5 Å². The maximum atomic E-state index is 13.8. The van der Waals surface area contributed by atoms with Crippen molar-refractivity contribution < 1.29 is 14.0 Å². The van der Waals surface area contributed by atoms with Crippen molar-refractivity contribution in [3.05, 3.63) is 65.5 Å². The van der Waals surface area contributed by atoms with E-state index in [1.165, 1.54) is 12.1 Å². The molecule has 0 radical (unpaired) electrons. The molecule has 0 unspecified atom stereocenters. The van der Waals surface area contributed by atoms with Crippen LogP contribution in [0.15, 0.2) is 48.5 Å². The fourth-order valence-electron chi connectivity index (χ4n) is 3.82. The van der Waals surface area contributed by atoms with Gasteiger partial charge in [-0.15, -0.1) is 0 Å². The maximum absolute atomic E-state index is 13.8. The lowest BCUT2D eigenvalue weighted by molar-refractivity contribution is -0.128. The molecule has 1 aliphatic rings. The van der Waals surface area contributed by atoms with Crippen LogP contribution in [0, 0.1) is 5.82 Å². The van der Waals surface area contributed by atoms with E-state index in [0.29, 0.717) is 24.0 Å². The number of carbonyl (C=O) groups excluding carboxylic acids is 2. The van der Waals surface area contributed by atoms with Crippen molar-refractivity contribution in [2.24, 2.45) is 0 Å². The molecule has 148 valence electrons. The summed E-state index contributed by atoms with van der Waals surface area (Å²) in [5.41, 5.74) is 6.29. The Kier molecular flexibility index (Phi) is 5.97. The second-order valence-electron chi connectivity index (χ2n) is 7.51. The molecule has 0 heterocycles. The molecule has 2 aromatic rings. The Morgan fingerprint density at radius 1 is 0.964 bits per heavy atom. The number of nitrogens with one attached hydrogen (secondary N) is 2. The fourth-order valence-corrected chi connectivity index (χ4v) is 3.82. The normalized spacial score (nSPS) is 15.5. The average molecular weight is 383 g/mol. The van der Waals surface area contributed by atoms with Crippen LogP contribution in [0.3, 0.4) is 0 Å². The highest BCUT2D eigenvalue weighted by molar-refractivity contribution is 5.97. The molecule has 0 aromatic heterocycles. The number of hydrogen-bond donors (Lipinski definition) is 2. The summed E-state index contributed by atoms with van der Waals surface area (Å²) in [5.74, 6) is -1.04. The fraction of sp³-hybridized carbons (Fsp3) is 0.364. The molecule has 28 heavy (non-hydrogen) atoms. The van der Waals surface area contributed by atoms with Gasteiger partial charge < -0.3 is 4.90 Å². The molecule has 1 saturated carbocycles. The van der Waals surface area contributed by atoms with Crippen LogP contribution < -0.4 is 15.8 Å². The molecule has 1 aliphatic carbocycles. The zero-order valence-electron chi connectivity index (χ0n) is 16.3. The second kappa shape index (κ2) is 8.42. The molecule has 3 rings (SSSR count). The topological polar surface area (TPSA) is 61.4 Å². The Balaban J connectivity index is 1.76. The van der Waals surface area contributed by atoms with E-state index >= 15 is 0 Å². The third-order valence-electron chi connectivity index (χ3n) is 5.43. The molecule has 6 heteroatoms. The van der Waals surface area contributed by atoms with E-state index < -0.39 is 5.41 Å². The summed E-state index contributed by atoms with van der Waals surface area (Å²) in [4.78, 5) is 27.5. The number of hydrazine groups is 1. The number of carbonyl (C=O) groups is 2. The molecule has 2 N–H and O–H groups in total. The SMILES string of the molecule is CN(C)c1cccc(C(=O)NNC(=O)C2(c3cccc(F)c3)CCCCC2)c1. The molecule has 0 saturated heterocycles. The van der Waals surface area contributed by atoms with E-state index in [1.54, 1.807) is 30.3 Å². The minimum absolute atomic E-state index is 0.296. The van der Waals surface area contributed by atoms with Crippen LogP contribution in [-0.4, -0.2) is 25.9 Å². The highest BCUT2D eigenvalue weighted by Crippen LogP contribution is 2.39. The predicted octanol–water partition coefficient (Wildman–Crippen LogP) is 3.55. The van der Waals surface area contributed by atoms with Crippen LogP contribution in [0.4, 0.5) is 10.1 Å². The van der Waals surface area contributed by atoms with E-state index in [-0.39, 0.29) is 17.6 Å². The van der Waals surface area contributed by atoms with Crippen LogP contribution in [0.5, 0.6) is 0 Å². The Hall–Kier alpha value is -2.89. The predicted molar refractivity (Wildman–Crippen MR) is 108 cm³/mol. The zero-order chi connectivity index (χ0) is 20.1. The smallest absolute Gasteiger partial charge is 0.269 e. The van der Waals surface area contributed by atoms with E-state index in [4.69, 9.17) is 0 Å². The van der Waals surface area contributed by atoms with Crippen LogP contribution >= 0.6 is 0 Å². The summed E-state index contributed by atoms with van der Waals surface area (Å²) in [5, 5.41) is 0. The molecule has 0 spiro atoms. The molecule has 2 aromatic carbocycles. The average Bonchev–Trinajstić information content (AvgIpc) is 2.72. The molecule has 2 amide bonds. The largest absolute Gasteiger partial charge is 0.378 e.